The van der Waals surface area contributed by atoms with Crippen molar-refractivity contribution in [1.82, 2.24) is 4.98 Å². The summed E-state index contributed by atoms with van der Waals surface area (Å²) < 4.78 is 0. The van der Waals surface area contributed by atoms with Crippen LogP contribution in [0.5, 0.6) is 0 Å². The number of rotatable bonds is 4. The molecule has 1 aromatic carbocycles. The number of benzene rings is 1. The lowest BCUT2D eigenvalue weighted by atomic mass is 9.87. The van der Waals surface area contributed by atoms with Gasteiger partial charge in [-0.1, -0.05) is 36.7 Å². The topological polar surface area (TPSA) is 36.7 Å². The van der Waals surface area contributed by atoms with E-state index in [2.05, 4.69) is 13.0 Å². The average Bonchev–Trinajstić information content (AvgIpc) is 2.60. The molecule has 23 heavy (non-hydrogen) atoms. The zero-order valence-corrected chi connectivity index (χ0v) is 14.8. The summed E-state index contributed by atoms with van der Waals surface area (Å²) in [4.78, 5) is 4.82. The lowest BCUT2D eigenvalue weighted by Crippen LogP contribution is -2.12. The van der Waals surface area contributed by atoms with Crippen LogP contribution in [0.3, 0.4) is 0 Å². The van der Waals surface area contributed by atoms with Crippen LogP contribution < -0.4 is 0 Å². The van der Waals surface area contributed by atoms with Crippen molar-refractivity contribution in [2.45, 2.75) is 49.8 Å². The van der Waals surface area contributed by atoms with Gasteiger partial charge >= 0.3 is 0 Å². The summed E-state index contributed by atoms with van der Waals surface area (Å²) in [6.45, 7) is 2.14. The molecule has 3 rings (SSSR count). The molecule has 0 saturated heterocycles. The van der Waals surface area contributed by atoms with Gasteiger partial charge in [0.25, 0.3) is 0 Å². The van der Waals surface area contributed by atoms with Crippen LogP contribution in [-0.2, 0) is 25.0 Å². The molecule has 118 valence electrons. The summed E-state index contributed by atoms with van der Waals surface area (Å²) >= 11 is 7.86. The van der Waals surface area contributed by atoms with Crippen LogP contribution in [0, 0.1) is 11.3 Å². The molecule has 1 aliphatic carbocycles. The molecule has 0 spiro atoms. The maximum absolute atomic E-state index is 9.66. The standard InChI is InChI=1S/C19H19ClN2S/c1-2-18-15-9-5-4-8-14(15)16(11-21)19(22-18)23-12-13-7-3-6-10-17(13)20/h3,6-7,10H,2,4-5,8-9,12H2,1H3. The number of nitriles is 1. The smallest absolute Gasteiger partial charge is 0.115 e. The number of halogens is 1. The number of aromatic nitrogens is 1. The van der Waals surface area contributed by atoms with Crippen molar-refractivity contribution >= 4 is 23.4 Å². The van der Waals surface area contributed by atoms with Crippen molar-refractivity contribution < 1.29 is 0 Å². The highest BCUT2D eigenvalue weighted by Crippen LogP contribution is 2.34. The van der Waals surface area contributed by atoms with Crippen LogP contribution in [0.25, 0.3) is 0 Å². The monoisotopic (exact) mass is 342 g/mol. The molecule has 0 radical (unpaired) electrons. The minimum Gasteiger partial charge on any atom is -0.245 e. The van der Waals surface area contributed by atoms with Gasteiger partial charge in [0.2, 0.25) is 0 Å². The van der Waals surface area contributed by atoms with Crippen LogP contribution >= 0.6 is 23.4 Å². The Labute approximate surface area is 146 Å². The first-order valence-electron chi connectivity index (χ1n) is 8.05. The van der Waals surface area contributed by atoms with Gasteiger partial charge in [-0.05, 0) is 54.9 Å². The Bertz CT molecular complexity index is 765. The highest BCUT2D eigenvalue weighted by molar-refractivity contribution is 7.98. The van der Waals surface area contributed by atoms with Crippen LogP contribution in [0.1, 0.15) is 47.7 Å². The summed E-state index contributed by atoms with van der Waals surface area (Å²) in [7, 11) is 0. The lowest BCUT2D eigenvalue weighted by molar-refractivity contribution is 0.664. The van der Waals surface area contributed by atoms with Crippen LogP contribution in [0.15, 0.2) is 29.3 Å². The molecule has 0 N–H and O–H groups in total. The molecular weight excluding hydrogens is 324 g/mol. The first-order chi connectivity index (χ1) is 11.2. The van der Waals surface area contributed by atoms with Crippen molar-refractivity contribution in [3.05, 3.63) is 57.2 Å². The number of hydrogen-bond acceptors (Lipinski definition) is 3. The third-order valence-electron chi connectivity index (χ3n) is 4.34. The molecular formula is C19H19ClN2S. The maximum atomic E-state index is 9.66. The first kappa shape index (κ1) is 16.4. The molecule has 1 aliphatic rings. The molecule has 1 aromatic heterocycles. The van der Waals surface area contributed by atoms with E-state index < -0.39 is 0 Å². The lowest BCUT2D eigenvalue weighted by Gasteiger charge is -2.21. The van der Waals surface area contributed by atoms with Crippen molar-refractivity contribution in [3.63, 3.8) is 0 Å². The van der Waals surface area contributed by atoms with E-state index in [1.165, 1.54) is 29.7 Å². The molecule has 0 aliphatic heterocycles. The third-order valence-corrected chi connectivity index (χ3v) is 5.73. The fourth-order valence-corrected chi connectivity index (χ4v) is 4.46. The largest absolute Gasteiger partial charge is 0.245 e. The van der Waals surface area contributed by atoms with Gasteiger partial charge < -0.3 is 0 Å². The molecule has 4 heteroatoms. The summed E-state index contributed by atoms with van der Waals surface area (Å²) in [6.07, 6.45) is 5.37. The van der Waals surface area contributed by atoms with Crippen molar-refractivity contribution in [1.29, 1.82) is 5.26 Å². The second kappa shape index (κ2) is 7.38. The molecule has 0 amide bonds. The molecule has 0 atom stereocenters. The highest BCUT2D eigenvalue weighted by Gasteiger charge is 2.21. The Morgan fingerprint density at radius 2 is 1.96 bits per heavy atom. The zero-order valence-electron chi connectivity index (χ0n) is 13.2. The molecule has 0 bridgehead atoms. The third kappa shape index (κ3) is 3.39. The van der Waals surface area contributed by atoms with E-state index in [4.69, 9.17) is 16.6 Å². The summed E-state index contributed by atoms with van der Waals surface area (Å²) in [5.41, 5.74) is 5.61. The van der Waals surface area contributed by atoms with Crippen LogP contribution in [0.2, 0.25) is 5.02 Å². The second-order valence-corrected chi connectivity index (χ2v) is 7.12. The van der Waals surface area contributed by atoms with E-state index in [0.29, 0.717) is 0 Å². The molecule has 1 heterocycles. The van der Waals surface area contributed by atoms with Gasteiger partial charge in [-0.3, -0.25) is 0 Å². The summed E-state index contributed by atoms with van der Waals surface area (Å²) in [5, 5.41) is 11.3. The number of pyridine rings is 1. The van der Waals surface area contributed by atoms with E-state index in [-0.39, 0.29) is 0 Å². The quantitative estimate of drug-likeness (QED) is 0.703. The van der Waals surface area contributed by atoms with Gasteiger partial charge in [0.05, 0.1) is 5.56 Å². The summed E-state index contributed by atoms with van der Waals surface area (Å²) in [6, 6.07) is 10.3. The van der Waals surface area contributed by atoms with Gasteiger partial charge in [0.1, 0.15) is 11.1 Å². The molecule has 2 aromatic rings. The Balaban J connectivity index is 1.95. The normalized spacial score (nSPS) is 13.4. The Hall–Kier alpha value is -1.50. The Morgan fingerprint density at radius 3 is 2.65 bits per heavy atom. The maximum Gasteiger partial charge on any atom is 0.115 e. The van der Waals surface area contributed by atoms with Crippen molar-refractivity contribution in [2.75, 3.05) is 0 Å². The van der Waals surface area contributed by atoms with E-state index in [1.54, 1.807) is 11.8 Å². The number of fused-ring (bicyclic) bond motifs is 1. The highest BCUT2D eigenvalue weighted by atomic mass is 35.5. The van der Waals surface area contributed by atoms with Crippen LogP contribution in [0.4, 0.5) is 0 Å². The van der Waals surface area contributed by atoms with Gasteiger partial charge in [-0.25, -0.2) is 4.98 Å². The Morgan fingerprint density at radius 1 is 1.22 bits per heavy atom. The van der Waals surface area contributed by atoms with Gasteiger partial charge in [0.15, 0.2) is 0 Å². The fraction of sp³-hybridized carbons (Fsp3) is 0.368. The van der Waals surface area contributed by atoms with Gasteiger partial charge in [-0.2, -0.15) is 5.26 Å². The molecule has 0 saturated carbocycles. The van der Waals surface area contributed by atoms with Crippen molar-refractivity contribution in [3.8, 4) is 6.07 Å². The second-order valence-electron chi connectivity index (χ2n) is 5.75. The predicted molar refractivity (Wildman–Crippen MR) is 96.0 cm³/mol. The number of thioether (sulfide) groups is 1. The van der Waals surface area contributed by atoms with E-state index in [1.807, 2.05) is 24.3 Å². The molecule has 0 unspecified atom stereocenters. The minimum absolute atomic E-state index is 0.739. The number of aryl methyl sites for hydroxylation is 1. The van der Waals surface area contributed by atoms with Crippen molar-refractivity contribution in [2.24, 2.45) is 0 Å². The predicted octanol–water partition coefficient (Wildman–Crippen LogP) is 5.34. The Kier molecular flexibility index (Phi) is 5.25. The SMILES string of the molecule is CCc1nc(SCc2ccccc2Cl)c(C#N)c2c1CCCC2. The number of hydrogen-bond donors (Lipinski definition) is 0. The molecule has 0 fully saturated rings. The zero-order chi connectivity index (χ0) is 16.2. The fourth-order valence-electron chi connectivity index (χ4n) is 3.15. The van der Waals surface area contributed by atoms with E-state index in [0.717, 1.165) is 46.2 Å². The first-order valence-corrected chi connectivity index (χ1v) is 9.41. The average molecular weight is 343 g/mol. The number of nitrogens with zero attached hydrogens (tertiary/aromatic N) is 2. The van der Waals surface area contributed by atoms with E-state index >= 15 is 0 Å². The van der Waals surface area contributed by atoms with Crippen LogP contribution in [-0.4, -0.2) is 4.98 Å². The minimum atomic E-state index is 0.739. The summed E-state index contributed by atoms with van der Waals surface area (Å²) in [5.74, 6) is 0.739. The molecule has 2 nitrogen and oxygen atoms in total. The van der Waals surface area contributed by atoms with Gasteiger partial charge in [0, 0.05) is 16.5 Å². The van der Waals surface area contributed by atoms with E-state index in [9.17, 15) is 5.26 Å². The van der Waals surface area contributed by atoms with Gasteiger partial charge in [-0.15, -0.1) is 11.8 Å².